The summed E-state index contributed by atoms with van der Waals surface area (Å²) in [6.45, 7) is 0. The Morgan fingerprint density at radius 3 is 2.31 bits per heavy atom. The summed E-state index contributed by atoms with van der Waals surface area (Å²) >= 11 is 0. The number of rotatable bonds is 2. The van der Waals surface area contributed by atoms with Crippen molar-refractivity contribution in [1.82, 2.24) is 4.31 Å². The second-order valence-corrected chi connectivity index (χ2v) is 5.76. The van der Waals surface area contributed by atoms with E-state index in [1.807, 2.05) is 0 Å². The van der Waals surface area contributed by atoms with Crippen molar-refractivity contribution in [3.63, 3.8) is 0 Å². The number of alkyl halides is 1. The van der Waals surface area contributed by atoms with Gasteiger partial charge in [-0.1, -0.05) is 30.3 Å². The third-order valence-electron chi connectivity index (χ3n) is 2.37. The lowest BCUT2D eigenvalue weighted by molar-refractivity contribution is -0.161. The number of benzene rings is 1. The predicted octanol–water partition coefficient (Wildman–Crippen LogP) is 1.52. The molecule has 1 heterocycles. The molecule has 0 radical (unpaired) electrons. The van der Waals surface area contributed by atoms with E-state index >= 15 is 0 Å². The normalized spacial score (nSPS) is 25.4. The highest BCUT2D eigenvalue weighted by Crippen LogP contribution is 2.45. The minimum absolute atomic E-state index is 0.0664. The third kappa shape index (κ3) is 1.58. The van der Waals surface area contributed by atoms with Crippen molar-refractivity contribution >= 4 is 25.8 Å². The molecular weight excluding hydrogens is 257 g/mol. The monoisotopic (exact) mass is 263 g/mol. The molecule has 1 aliphatic rings. The second-order valence-electron chi connectivity index (χ2n) is 3.40. The molecule has 1 amide bonds. The van der Waals surface area contributed by atoms with E-state index in [4.69, 9.17) is 10.7 Å². The maximum absolute atomic E-state index is 14.3. The van der Waals surface area contributed by atoms with Crippen LogP contribution in [0.2, 0.25) is 0 Å². The lowest BCUT2D eigenvalue weighted by Gasteiger charge is -2.42. The largest absolute Gasteiger partial charge is 0.326 e. The summed E-state index contributed by atoms with van der Waals surface area (Å²) in [7, 11) is 0.611. The highest BCUT2D eigenvalue weighted by Gasteiger charge is 2.58. The van der Waals surface area contributed by atoms with Crippen molar-refractivity contribution in [1.29, 1.82) is 0 Å². The van der Waals surface area contributed by atoms with Crippen molar-refractivity contribution in [3.8, 4) is 0 Å². The minimum Gasteiger partial charge on any atom is -0.273 e. The van der Waals surface area contributed by atoms with Crippen LogP contribution < -0.4 is 0 Å². The molecule has 1 saturated heterocycles. The fourth-order valence-electron chi connectivity index (χ4n) is 1.66. The van der Waals surface area contributed by atoms with Crippen LogP contribution in [0.3, 0.4) is 0 Å². The van der Waals surface area contributed by atoms with Gasteiger partial charge in [0.05, 0.1) is 6.42 Å². The Labute approximate surface area is 96.2 Å². The Kier molecular flexibility index (Phi) is 2.43. The first kappa shape index (κ1) is 11.3. The van der Waals surface area contributed by atoms with E-state index in [0.29, 0.717) is 0 Å². The maximum Gasteiger partial charge on any atom is 0.326 e. The van der Waals surface area contributed by atoms with Gasteiger partial charge in [-0.05, 0) is 0 Å². The van der Waals surface area contributed by atoms with Gasteiger partial charge in [-0.25, -0.2) is 4.39 Å². The van der Waals surface area contributed by atoms with Gasteiger partial charge < -0.3 is 0 Å². The van der Waals surface area contributed by atoms with Crippen molar-refractivity contribution in [2.24, 2.45) is 0 Å². The molecule has 0 aromatic heterocycles. The molecule has 0 spiro atoms. The van der Waals surface area contributed by atoms with Crippen LogP contribution >= 0.6 is 10.7 Å². The average Bonchev–Trinajstić information content (AvgIpc) is 2.15. The van der Waals surface area contributed by atoms with Gasteiger partial charge in [0.25, 0.3) is 0 Å². The summed E-state index contributed by atoms with van der Waals surface area (Å²) in [4.78, 5) is 11.1. The predicted molar refractivity (Wildman–Crippen MR) is 55.5 cm³/mol. The molecule has 16 heavy (non-hydrogen) atoms. The molecule has 1 atom stereocenters. The highest BCUT2D eigenvalue weighted by molar-refractivity contribution is 8.12. The molecule has 0 saturated carbocycles. The molecule has 7 heteroatoms. The van der Waals surface area contributed by atoms with E-state index in [1.54, 1.807) is 18.2 Å². The van der Waals surface area contributed by atoms with Crippen molar-refractivity contribution < 1.29 is 17.6 Å². The van der Waals surface area contributed by atoms with Crippen LogP contribution in [0.5, 0.6) is 0 Å². The standard InChI is InChI=1S/C9H7ClFNO3S/c10-16(14,15)12-8(13)6-9(12,11)7-4-2-1-3-5-7/h1-5H,6H2/t9-/m0/s1. The molecule has 1 aliphatic heterocycles. The van der Waals surface area contributed by atoms with E-state index in [0.717, 1.165) is 0 Å². The average molecular weight is 264 g/mol. The lowest BCUT2D eigenvalue weighted by Crippen LogP contribution is -2.59. The zero-order valence-electron chi connectivity index (χ0n) is 7.93. The fourth-order valence-corrected chi connectivity index (χ4v) is 3.04. The van der Waals surface area contributed by atoms with Gasteiger partial charge in [-0.3, -0.25) is 4.79 Å². The summed E-state index contributed by atoms with van der Waals surface area (Å²) in [5.74, 6) is -3.19. The van der Waals surface area contributed by atoms with Crippen molar-refractivity contribution in [2.75, 3.05) is 0 Å². The number of hydrogen-bond acceptors (Lipinski definition) is 3. The summed E-state index contributed by atoms with van der Waals surface area (Å²) in [6, 6.07) is 7.58. The number of amides is 1. The summed E-state index contributed by atoms with van der Waals surface area (Å²) in [5, 5.41) is 0. The number of carbonyl (C=O) groups is 1. The van der Waals surface area contributed by atoms with Crippen molar-refractivity contribution in [2.45, 2.75) is 12.2 Å². The van der Waals surface area contributed by atoms with E-state index in [-0.39, 0.29) is 9.87 Å². The first-order chi connectivity index (χ1) is 7.36. The van der Waals surface area contributed by atoms with E-state index in [9.17, 15) is 17.6 Å². The summed E-state index contributed by atoms with van der Waals surface area (Å²) in [5.41, 5.74) is 0.0961. The molecule has 1 aromatic rings. The molecule has 1 aromatic carbocycles. The molecule has 0 unspecified atom stereocenters. The molecule has 4 nitrogen and oxygen atoms in total. The van der Waals surface area contributed by atoms with Gasteiger partial charge in [0.15, 0.2) is 0 Å². The first-order valence-corrected chi connectivity index (χ1v) is 6.64. The van der Waals surface area contributed by atoms with Gasteiger partial charge in [-0.2, -0.15) is 12.7 Å². The van der Waals surface area contributed by atoms with Crippen LogP contribution in [0.25, 0.3) is 0 Å². The molecule has 86 valence electrons. The van der Waals surface area contributed by atoms with Gasteiger partial charge >= 0.3 is 9.24 Å². The molecule has 0 N–H and O–H groups in total. The first-order valence-electron chi connectivity index (χ1n) is 4.38. The quantitative estimate of drug-likeness (QED) is 0.462. The highest BCUT2D eigenvalue weighted by atomic mass is 35.7. The topological polar surface area (TPSA) is 54.5 Å². The van der Waals surface area contributed by atoms with E-state index in [1.165, 1.54) is 12.1 Å². The molecule has 0 bridgehead atoms. The zero-order chi connectivity index (χ0) is 12.0. The van der Waals surface area contributed by atoms with Gasteiger partial charge in [0, 0.05) is 16.2 Å². The van der Waals surface area contributed by atoms with Crippen LogP contribution in [0.4, 0.5) is 4.39 Å². The third-order valence-corrected chi connectivity index (χ3v) is 3.71. The fraction of sp³-hybridized carbons (Fsp3) is 0.222. The summed E-state index contributed by atoms with van der Waals surface area (Å²) in [6.07, 6.45) is -0.511. The van der Waals surface area contributed by atoms with E-state index in [2.05, 4.69) is 0 Å². The number of carbonyl (C=O) groups excluding carboxylic acids is 1. The Balaban J connectivity index is 2.46. The number of β-lactam (4-membered cyclic amide) rings is 1. The Morgan fingerprint density at radius 1 is 1.31 bits per heavy atom. The number of halogens is 2. The molecule has 2 rings (SSSR count). The van der Waals surface area contributed by atoms with Gasteiger partial charge in [0.1, 0.15) is 0 Å². The van der Waals surface area contributed by atoms with Crippen LogP contribution in [-0.4, -0.2) is 18.6 Å². The zero-order valence-corrected chi connectivity index (χ0v) is 9.50. The number of hydrogen-bond donors (Lipinski definition) is 0. The van der Waals surface area contributed by atoms with Crippen LogP contribution in [0.15, 0.2) is 30.3 Å². The molecule has 0 aliphatic carbocycles. The second kappa shape index (κ2) is 3.43. The van der Waals surface area contributed by atoms with Gasteiger partial charge in [-0.15, -0.1) is 0 Å². The minimum atomic E-state index is -4.39. The van der Waals surface area contributed by atoms with Crippen LogP contribution in [0, 0.1) is 0 Å². The van der Waals surface area contributed by atoms with Crippen LogP contribution in [0.1, 0.15) is 12.0 Å². The summed E-state index contributed by atoms with van der Waals surface area (Å²) < 4.78 is 36.4. The lowest BCUT2D eigenvalue weighted by atomic mass is 9.94. The van der Waals surface area contributed by atoms with E-state index < -0.39 is 27.4 Å². The van der Waals surface area contributed by atoms with Gasteiger partial charge in [0.2, 0.25) is 11.7 Å². The Hall–Kier alpha value is -1.14. The number of nitrogens with zero attached hydrogens (tertiary/aromatic N) is 1. The molecule has 1 fully saturated rings. The molecular formula is C9H7ClFNO3S. The smallest absolute Gasteiger partial charge is 0.273 e. The Morgan fingerprint density at radius 2 is 1.88 bits per heavy atom. The SMILES string of the molecule is O=C1C[C@@](F)(c2ccccc2)N1S(=O)(=O)Cl. The van der Waals surface area contributed by atoms with Crippen molar-refractivity contribution in [3.05, 3.63) is 35.9 Å². The van der Waals surface area contributed by atoms with Crippen LogP contribution in [-0.2, 0) is 19.8 Å². The maximum atomic E-state index is 14.3. The Bertz CT molecular complexity index is 533.